The van der Waals surface area contributed by atoms with Crippen LogP contribution in [0, 0.1) is 0 Å². The fourth-order valence-electron chi connectivity index (χ4n) is 4.09. The molecule has 12 nitrogen and oxygen atoms in total. The van der Waals surface area contributed by atoms with E-state index >= 15 is 0 Å². The van der Waals surface area contributed by atoms with Gasteiger partial charge in [-0.2, -0.15) is 0 Å². The highest BCUT2D eigenvalue weighted by atomic mass is 16.5. The summed E-state index contributed by atoms with van der Waals surface area (Å²) in [7, 11) is 0. The van der Waals surface area contributed by atoms with Crippen molar-refractivity contribution < 1.29 is 38.0 Å². The molecule has 2 aromatic carbocycles. The molecule has 0 fully saturated rings. The Morgan fingerprint density at radius 3 is 1.06 bits per heavy atom. The van der Waals surface area contributed by atoms with E-state index in [9.17, 15) is 9.59 Å². The number of ether oxygens (including phenoxy) is 6. The fourth-order valence-corrected chi connectivity index (χ4v) is 4.09. The molecule has 48 heavy (non-hydrogen) atoms. The van der Waals surface area contributed by atoms with Gasteiger partial charge in [-0.05, 0) is 74.2 Å². The summed E-state index contributed by atoms with van der Waals surface area (Å²) in [6.45, 7) is 8.98. The van der Waals surface area contributed by atoms with E-state index in [1.165, 1.54) is 0 Å². The fraction of sp³-hybridized carbons (Fsp3) is 0.556. The first kappa shape index (κ1) is 41.0. The van der Waals surface area contributed by atoms with Gasteiger partial charge in [-0.3, -0.25) is 9.59 Å². The van der Waals surface area contributed by atoms with Crippen molar-refractivity contribution in [2.24, 2.45) is 11.5 Å². The number of rotatable bonds is 30. The standard InChI is InChI=1S/C36H56N4O8/c37-15-1-19-43-23-27-47-29-25-45-21-3-17-39-35(41)33-11-7-31(8-12-33)5-6-32-9-13-34(14-10-32)36(42)40-18-4-22-46-26-30-48-28-24-44-20-2-16-38/h5-14H,1-4,15-30,37-38H2,(H,39,41)(H,40,42)/b6-5+. The molecule has 0 bridgehead atoms. The lowest BCUT2D eigenvalue weighted by atomic mass is 10.1. The second-order valence-electron chi connectivity index (χ2n) is 10.8. The molecular weight excluding hydrogens is 616 g/mol. The molecule has 2 amide bonds. The van der Waals surface area contributed by atoms with Crippen LogP contribution < -0.4 is 22.1 Å². The molecule has 0 aromatic heterocycles. The van der Waals surface area contributed by atoms with Crippen LogP contribution in [-0.4, -0.2) is 117 Å². The van der Waals surface area contributed by atoms with Crippen molar-refractivity contribution in [2.45, 2.75) is 25.7 Å². The lowest BCUT2D eigenvalue weighted by Crippen LogP contribution is -2.25. The van der Waals surface area contributed by atoms with Crippen LogP contribution in [0.3, 0.4) is 0 Å². The molecule has 12 heteroatoms. The van der Waals surface area contributed by atoms with Crippen molar-refractivity contribution in [1.29, 1.82) is 0 Å². The van der Waals surface area contributed by atoms with Crippen LogP contribution in [-0.2, 0) is 28.4 Å². The van der Waals surface area contributed by atoms with Crippen molar-refractivity contribution in [1.82, 2.24) is 10.6 Å². The van der Waals surface area contributed by atoms with Crippen LogP contribution >= 0.6 is 0 Å². The Hall–Kier alpha value is -3.20. The summed E-state index contributed by atoms with van der Waals surface area (Å²) in [4.78, 5) is 24.9. The molecule has 0 heterocycles. The maximum Gasteiger partial charge on any atom is 0.251 e. The quantitative estimate of drug-likeness (QED) is 0.0716. The van der Waals surface area contributed by atoms with E-state index in [0.29, 0.717) is 129 Å². The van der Waals surface area contributed by atoms with Crippen LogP contribution in [0.2, 0.25) is 0 Å². The molecule has 2 rings (SSSR count). The molecule has 0 aliphatic heterocycles. The van der Waals surface area contributed by atoms with Gasteiger partial charge in [0.05, 0.1) is 52.9 Å². The highest BCUT2D eigenvalue weighted by Crippen LogP contribution is 2.11. The van der Waals surface area contributed by atoms with E-state index < -0.39 is 0 Å². The predicted octanol–water partition coefficient (Wildman–Crippen LogP) is 2.89. The van der Waals surface area contributed by atoms with Gasteiger partial charge < -0.3 is 50.5 Å². The van der Waals surface area contributed by atoms with Crippen LogP contribution in [0.25, 0.3) is 12.2 Å². The monoisotopic (exact) mass is 672 g/mol. The molecule has 2 aromatic rings. The summed E-state index contributed by atoms with van der Waals surface area (Å²) < 4.78 is 32.7. The lowest BCUT2D eigenvalue weighted by molar-refractivity contribution is 0.0141. The normalized spacial score (nSPS) is 11.3. The number of hydrogen-bond donors (Lipinski definition) is 4. The average molecular weight is 673 g/mol. The number of amides is 2. The maximum absolute atomic E-state index is 12.5. The lowest BCUT2D eigenvalue weighted by Gasteiger charge is -2.08. The van der Waals surface area contributed by atoms with Gasteiger partial charge in [0.2, 0.25) is 0 Å². The number of nitrogens with two attached hydrogens (primary N) is 2. The van der Waals surface area contributed by atoms with Crippen LogP contribution in [0.4, 0.5) is 0 Å². The Morgan fingerprint density at radius 2 is 0.750 bits per heavy atom. The summed E-state index contributed by atoms with van der Waals surface area (Å²) in [5.41, 5.74) is 13.9. The summed E-state index contributed by atoms with van der Waals surface area (Å²) in [6, 6.07) is 14.8. The first-order valence-electron chi connectivity index (χ1n) is 16.9. The molecule has 0 atom stereocenters. The number of nitrogens with one attached hydrogen (secondary N) is 2. The topological polar surface area (TPSA) is 166 Å². The van der Waals surface area contributed by atoms with Gasteiger partial charge in [-0.1, -0.05) is 36.4 Å². The van der Waals surface area contributed by atoms with Crippen LogP contribution in [0.5, 0.6) is 0 Å². The first-order valence-corrected chi connectivity index (χ1v) is 16.9. The number of carbonyl (C=O) groups is 2. The van der Waals surface area contributed by atoms with Crippen LogP contribution in [0.1, 0.15) is 57.5 Å². The minimum Gasteiger partial charge on any atom is -0.379 e. The number of hydrogen-bond acceptors (Lipinski definition) is 10. The zero-order chi connectivity index (χ0) is 34.3. The van der Waals surface area contributed by atoms with Gasteiger partial charge in [0.25, 0.3) is 11.8 Å². The Labute approximate surface area is 285 Å². The van der Waals surface area contributed by atoms with E-state index in [-0.39, 0.29) is 11.8 Å². The molecular formula is C36H56N4O8. The molecule has 268 valence electrons. The molecule has 0 radical (unpaired) electrons. The minimum atomic E-state index is -0.119. The minimum absolute atomic E-state index is 0.119. The Kier molecular flexibility index (Phi) is 24.6. The van der Waals surface area contributed by atoms with Crippen molar-refractivity contribution in [3.05, 3.63) is 70.8 Å². The predicted molar refractivity (Wildman–Crippen MR) is 188 cm³/mol. The molecule has 0 saturated carbocycles. The Balaban J connectivity index is 1.52. The maximum atomic E-state index is 12.5. The molecule has 6 N–H and O–H groups in total. The first-order chi connectivity index (χ1) is 23.6. The highest BCUT2D eigenvalue weighted by Gasteiger charge is 2.06. The molecule has 0 saturated heterocycles. The summed E-state index contributed by atoms with van der Waals surface area (Å²) in [5, 5.41) is 5.84. The van der Waals surface area contributed by atoms with Crippen molar-refractivity contribution in [3.8, 4) is 0 Å². The number of carbonyl (C=O) groups excluding carboxylic acids is 2. The van der Waals surface area contributed by atoms with E-state index in [4.69, 9.17) is 39.9 Å². The average Bonchev–Trinajstić information content (AvgIpc) is 3.11. The van der Waals surface area contributed by atoms with Gasteiger partial charge in [-0.15, -0.1) is 0 Å². The largest absolute Gasteiger partial charge is 0.379 e. The molecule has 0 spiro atoms. The van der Waals surface area contributed by atoms with Gasteiger partial charge in [0, 0.05) is 50.6 Å². The summed E-state index contributed by atoms with van der Waals surface area (Å²) >= 11 is 0. The van der Waals surface area contributed by atoms with E-state index in [2.05, 4.69) is 10.6 Å². The molecule has 0 unspecified atom stereocenters. The van der Waals surface area contributed by atoms with Crippen LogP contribution in [0.15, 0.2) is 48.5 Å². The third-order valence-corrected chi connectivity index (χ3v) is 6.79. The van der Waals surface area contributed by atoms with Crippen molar-refractivity contribution in [3.63, 3.8) is 0 Å². The van der Waals surface area contributed by atoms with Gasteiger partial charge in [0.1, 0.15) is 0 Å². The zero-order valence-corrected chi connectivity index (χ0v) is 28.3. The van der Waals surface area contributed by atoms with Crippen molar-refractivity contribution >= 4 is 24.0 Å². The highest BCUT2D eigenvalue weighted by molar-refractivity contribution is 5.95. The second kappa shape index (κ2) is 28.8. The zero-order valence-electron chi connectivity index (χ0n) is 28.3. The Bertz CT molecular complexity index is 1030. The SMILES string of the molecule is NCCCOCCOCCOCCCNC(=O)c1ccc(/C=C/c2ccc(C(=O)NCCCOCCOCCOCCCN)cc2)cc1. The van der Waals surface area contributed by atoms with Gasteiger partial charge in [0.15, 0.2) is 0 Å². The molecule has 0 aliphatic rings. The number of benzene rings is 2. The summed E-state index contributed by atoms with van der Waals surface area (Å²) in [6.07, 6.45) is 7.08. The van der Waals surface area contributed by atoms with E-state index in [1.807, 2.05) is 36.4 Å². The third-order valence-electron chi connectivity index (χ3n) is 6.79. The third kappa shape index (κ3) is 20.9. The van der Waals surface area contributed by atoms with E-state index in [0.717, 1.165) is 24.0 Å². The Morgan fingerprint density at radius 1 is 0.458 bits per heavy atom. The van der Waals surface area contributed by atoms with Gasteiger partial charge >= 0.3 is 0 Å². The van der Waals surface area contributed by atoms with E-state index in [1.54, 1.807) is 24.3 Å². The second-order valence-corrected chi connectivity index (χ2v) is 10.8. The summed E-state index contributed by atoms with van der Waals surface area (Å²) in [5.74, 6) is -0.238. The smallest absolute Gasteiger partial charge is 0.251 e. The molecule has 0 aliphatic carbocycles. The van der Waals surface area contributed by atoms with Crippen molar-refractivity contribution in [2.75, 3.05) is 105 Å². The van der Waals surface area contributed by atoms with Gasteiger partial charge in [-0.25, -0.2) is 0 Å².